The molecule has 3 aromatic rings. The minimum absolute atomic E-state index is 0.0464. The summed E-state index contributed by atoms with van der Waals surface area (Å²) >= 11 is 0. The predicted octanol–water partition coefficient (Wildman–Crippen LogP) is 3.95. The van der Waals surface area contributed by atoms with E-state index >= 15 is 0 Å². The van der Waals surface area contributed by atoms with E-state index in [2.05, 4.69) is 44.8 Å². The second-order valence-electron chi connectivity index (χ2n) is 9.09. The largest absolute Gasteiger partial charge is 0.476 e. The molecule has 0 radical (unpaired) electrons. The summed E-state index contributed by atoms with van der Waals surface area (Å²) in [6.07, 6.45) is 9.04. The minimum atomic E-state index is -1.12. The number of hydrogen-bond acceptors (Lipinski definition) is 6. The Balaban J connectivity index is 1.22. The van der Waals surface area contributed by atoms with Crippen molar-refractivity contribution in [2.45, 2.75) is 75.5 Å². The molecular formula is C24H29N5O4. The quantitative estimate of drug-likeness (QED) is 0.518. The van der Waals surface area contributed by atoms with Crippen molar-refractivity contribution in [1.29, 1.82) is 0 Å². The number of carboxylic acid groups (broad SMARTS) is 1. The van der Waals surface area contributed by atoms with Crippen molar-refractivity contribution in [3.8, 4) is 17.1 Å². The van der Waals surface area contributed by atoms with Crippen LogP contribution in [-0.2, 0) is 0 Å². The molecule has 174 valence electrons. The van der Waals surface area contributed by atoms with Crippen molar-refractivity contribution >= 4 is 5.97 Å². The topological polar surface area (TPSA) is 126 Å². The third-order valence-corrected chi connectivity index (χ3v) is 7.04. The zero-order chi connectivity index (χ0) is 22.8. The first kappa shape index (κ1) is 21.6. The van der Waals surface area contributed by atoms with E-state index < -0.39 is 5.97 Å². The van der Waals surface area contributed by atoms with Crippen molar-refractivity contribution in [3.05, 3.63) is 47.8 Å². The van der Waals surface area contributed by atoms with Crippen molar-refractivity contribution in [2.24, 2.45) is 0 Å². The lowest BCUT2D eigenvalue weighted by Gasteiger charge is -2.29. The van der Waals surface area contributed by atoms with E-state index in [9.17, 15) is 9.90 Å². The second kappa shape index (κ2) is 9.35. The molecule has 9 nitrogen and oxygen atoms in total. The van der Waals surface area contributed by atoms with Crippen LogP contribution in [0, 0.1) is 0 Å². The highest BCUT2D eigenvalue weighted by Gasteiger charge is 2.28. The van der Waals surface area contributed by atoms with Gasteiger partial charge in [0, 0.05) is 6.20 Å². The molecule has 0 aliphatic heterocycles. The van der Waals surface area contributed by atoms with Crippen LogP contribution in [0.15, 0.2) is 36.5 Å². The Morgan fingerprint density at radius 2 is 1.79 bits per heavy atom. The van der Waals surface area contributed by atoms with Gasteiger partial charge in [0.25, 0.3) is 5.88 Å². The molecule has 2 aliphatic carbocycles. The zero-order valence-electron chi connectivity index (χ0n) is 18.4. The molecule has 2 fully saturated rings. The average molecular weight is 452 g/mol. The van der Waals surface area contributed by atoms with Gasteiger partial charge in [-0.1, -0.05) is 47.4 Å². The maximum absolute atomic E-state index is 11.2. The smallest absolute Gasteiger partial charge is 0.359 e. The number of aromatic amines is 1. The summed E-state index contributed by atoms with van der Waals surface area (Å²) in [6, 6.07) is 10.7. The maximum Gasteiger partial charge on any atom is 0.359 e. The van der Waals surface area contributed by atoms with Crippen molar-refractivity contribution in [2.75, 3.05) is 0 Å². The van der Waals surface area contributed by atoms with Gasteiger partial charge >= 0.3 is 5.97 Å². The number of carboxylic acids is 1. The van der Waals surface area contributed by atoms with Gasteiger partial charge in [0.15, 0.2) is 0 Å². The van der Waals surface area contributed by atoms with Gasteiger partial charge in [-0.05, 0) is 61.6 Å². The SMILES string of the molecule is O=C(O)c1[nH]nnc1OC1CCC(c2ccc(-c3ccnn3[C@@H]3CCCC[C@H]3O)cc2)CC1. The van der Waals surface area contributed by atoms with Crippen LogP contribution in [0.4, 0.5) is 0 Å². The Morgan fingerprint density at radius 1 is 1.03 bits per heavy atom. The molecule has 0 amide bonds. The molecule has 2 atom stereocenters. The molecular weight excluding hydrogens is 422 g/mol. The first-order valence-corrected chi connectivity index (χ1v) is 11.7. The van der Waals surface area contributed by atoms with E-state index in [0.717, 1.165) is 62.6 Å². The summed E-state index contributed by atoms with van der Waals surface area (Å²) in [5, 5.41) is 33.8. The number of carbonyl (C=O) groups is 1. The number of aromatic carboxylic acids is 1. The molecule has 2 heterocycles. The lowest BCUT2D eigenvalue weighted by atomic mass is 9.82. The van der Waals surface area contributed by atoms with Crippen LogP contribution < -0.4 is 4.74 Å². The highest BCUT2D eigenvalue weighted by Crippen LogP contribution is 2.36. The molecule has 5 rings (SSSR count). The number of aromatic nitrogens is 5. The van der Waals surface area contributed by atoms with Crippen molar-refractivity contribution in [1.82, 2.24) is 25.2 Å². The van der Waals surface area contributed by atoms with Gasteiger partial charge in [0.1, 0.15) is 6.10 Å². The Labute approximate surface area is 191 Å². The van der Waals surface area contributed by atoms with E-state index in [1.54, 1.807) is 0 Å². The molecule has 0 unspecified atom stereocenters. The number of nitrogens with zero attached hydrogens (tertiary/aromatic N) is 4. The van der Waals surface area contributed by atoms with E-state index in [-0.39, 0.29) is 29.8 Å². The molecule has 0 bridgehead atoms. The summed E-state index contributed by atoms with van der Waals surface area (Å²) < 4.78 is 7.80. The van der Waals surface area contributed by atoms with Gasteiger partial charge in [-0.3, -0.25) is 4.68 Å². The van der Waals surface area contributed by atoms with Crippen LogP contribution in [0.3, 0.4) is 0 Å². The number of ether oxygens (including phenoxy) is 1. The first-order valence-electron chi connectivity index (χ1n) is 11.7. The predicted molar refractivity (Wildman–Crippen MR) is 120 cm³/mol. The molecule has 2 aromatic heterocycles. The molecule has 9 heteroatoms. The third-order valence-electron chi connectivity index (χ3n) is 7.04. The highest BCUT2D eigenvalue weighted by atomic mass is 16.5. The Bertz CT molecular complexity index is 1080. The molecule has 2 saturated carbocycles. The number of benzene rings is 1. The van der Waals surface area contributed by atoms with E-state index in [1.807, 2.05) is 16.9 Å². The van der Waals surface area contributed by atoms with Crippen LogP contribution in [0.2, 0.25) is 0 Å². The van der Waals surface area contributed by atoms with Crippen LogP contribution in [0.5, 0.6) is 5.88 Å². The molecule has 3 N–H and O–H groups in total. The first-order chi connectivity index (χ1) is 16.1. The molecule has 0 spiro atoms. The van der Waals surface area contributed by atoms with Gasteiger partial charge < -0.3 is 14.9 Å². The van der Waals surface area contributed by atoms with E-state index in [0.29, 0.717) is 5.92 Å². The number of H-pyrrole nitrogens is 1. The van der Waals surface area contributed by atoms with Crippen molar-refractivity contribution < 1.29 is 19.7 Å². The number of nitrogens with one attached hydrogen (secondary N) is 1. The summed E-state index contributed by atoms with van der Waals surface area (Å²) in [5.74, 6) is -0.613. The van der Waals surface area contributed by atoms with Crippen LogP contribution >= 0.6 is 0 Å². The van der Waals surface area contributed by atoms with Gasteiger partial charge in [-0.15, -0.1) is 0 Å². The fourth-order valence-electron chi connectivity index (χ4n) is 5.22. The minimum Gasteiger partial charge on any atom is -0.476 e. The van der Waals surface area contributed by atoms with E-state index in [1.165, 1.54) is 5.56 Å². The lowest BCUT2D eigenvalue weighted by molar-refractivity contribution is 0.0677. The van der Waals surface area contributed by atoms with Crippen LogP contribution in [0.25, 0.3) is 11.3 Å². The summed E-state index contributed by atoms with van der Waals surface area (Å²) in [7, 11) is 0. The monoisotopic (exact) mass is 451 g/mol. The van der Waals surface area contributed by atoms with Crippen LogP contribution in [-0.4, -0.2) is 53.6 Å². The van der Waals surface area contributed by atoms with Gasteiger partial charge in [0.2, 0.25) is 5.69 Å². The standard InChI is InChI=1S/C24H29N5O4/c30-21-4-2-1-3-20(21)29-19(13-14-25-29)17-7-5-15(6-8-17)16-9-11-18(12-10-16)33-23-22(24(31)32)26-28-27-23/h5-8,13-14,16,18,20-21,30H,1-4,9-12H2,(H,31,32)(H,26,27,28)/t16?,18?,20-,21-/m1/s1. The number of rotatable bonds is 6. The second-order valence-corrected chi connectivity index (χ2v) is 9.09. The lowest BCUT2D eigenvalue weighted by Crippen LogP contribution is -2.28. The zero-order valence-corrected chi connectivity index (χ0v) is 18.4. The van der Waals surface area contributed by atoms with Crippen molar-refractivity contribution in [3.63, 3.8) is 0 Å². The summed E-state index contributed by atoms with van der Waals surface area (Å²) in [6.45, 7) is 0. The average Bonchev–Trinajstić information content (AvgIpc) is 3.50. The van der Waals surface area contributed by atoms with Gasteiger partial charge in [-0.25, -0.2) is 9.89 Å². The third kappa shape index (κ3) is 4.50. The van der Waals surface area contributed by atoms with Crippen LogP contribution in [0.1, 0.15) is 79.4 Å². The van der Waals surface area contributed by atoms with Gasteiger partial charge in [-0.2, -0.15) is 5.10 Å². The summed E-state index contributed by atoms with van der Waals surface area (Å²) in [5.41, 5.74) is 3.35. The maximum atomic E-state index is 11.2. The summed E-state index contributed by atoms with van der Waals surface area (Å²) in [4.78, 5) is 11.2. The fourth-order valence-corrected chi connectivity index (χ4v) is 5.22. The normalized spacial score (nSPS) is 25.6. The van der Waals surface area contributed by atoms with Gasteiger partial charge in [0.05, 0.1) is 17.8 Å². The highest BCUT2D eigenvalue weighted by molar-refractivity contribution is 5.87. The Morgan fingerprint density at radius 3 is 2.52 bits per heavy atom. The number of aliphatic hydroxyl groups is 1. The molecule has 2 aliphatic rings. The molecule has 1 aromatic carbocycles. The van der Waals surface area contributed by atoms with E-state index in [4.69, 9.17) is 9.84 Å². The molecule has 0 saturated heterocycles. The molecule has 33 heavy (non-hydrogen) atoms. The number of aliphatic hydroxyl groups excluding tert-OH is 1. The number of hydrogen-bond donors (Lipinski definition) is 3. The Hall–Kier alpha value is -3.20. The Kier molecular flexibility index (Phi) is 6.13. The fraction of sp³-hybridized carbons (Fsp3) is 0.500.